The third-order valence-electron chi connectivity index (χ3n) is 3.37. The molecule has 0 heterocycles. The fraction of sp³-hybridized carbons (Fsp3) is 0.429. The largest absolute Gasteiger partial charge is 0.325 e. The number of carbonyl (C=O) groups is 2. The summed E-state index contributed by atoms with van der Waals surface area (Å²) in [6.07, 6.45) is 2.92. The third kappa shape index (κ3) is 3.28. The van der Waals surface area contributed by atoms with E-state index in [1.807, 2.05) is 24.3 Å². The van der Waals surface area contributed by atoms with Crippen LogP contribution in [0.25, 0.3) is 0 Å². The van der Waals surface area contributed by atoms with Crippen molar-refractivity contribution in [2.24, 2.45) is 5.41 Å². The van der Waals surface area contributed by atoms with E-state index in [9.17, 15) is 9.59 Å². The highest BCUT2D eigenvalue weighted by Crippen LogP contribution is 2.48. The highest BCUT2D eigenvalue weighted by atomic mass is 35.5. The number of aryl methyl sites for hydroxylation is 1. The minimum absolute atomic E-state index is 0.305. The first-order valence-electron chi connectivity index (χ1n) is 6.25. The van der Waals surface area contributed by atoms with Gasteiger partial charge in [-0.25, -0.2) is 0 Å². The van der Waals surface area contributed by atoms with Crippen LogP contribution in [0.2, 0.25) is 0 Å². The minimum atomic E-state index is -0.987. The molecule has 1 fully saturated rings. The van der Waals surface area contributed by atoms with Gasteiger partial charge >= 0.3 is 0 Å². The summed E-state index contributed by atoms with van der Waals surface area (Å²) in [5.74, 6) is 0.333. The van der Waals surface area contributed by atoms with Crippen molar-refractivity contribution in [3.8, 4) is 0 Å². The van der Waals surface area contributed by atoms with Crippen LogP contribution < -0.4 is 5.32 Å². The number of benzene rings is 1. The van der Waals surface area contributed by atoms with E-state index in [1.54, 1.807) is 0 Å². The molecule has 1 saturated carbocycles. The van der Waals surface area contributed by atoms with E-state index < -0.39 is 10.7 Å². The standard InChI is InChI=1S/C14H15Cl2NO2/c15-9-1-2-10-3-5-11(6-4-10)17-13(19)14(7-8-14)12(16)18/h3-6H,1-2,7-9H2,(H,17,19). The Morgan fingerprint density at radius 2 is 1.84 bits per heavy atom. The van der Waals surface area contributed by atoms with Crippen molar-refractivity contribution in [3.05, 3.63) is 29.8 Å². The topological polar surface area (TPSA) is 46.2 Å². The van der Waals surface area contributed by atoms with E-state index in [-0.39, 0.29) is 5.91 Å². The van der Waals surface area contributed by atoms with E-state index in [2.05, 4.69) is 5.32 Å². The van der Waals surface area contributed by atoms with Gasteiger partial charge in [-0.1, -0.05) is 12.1 Å². The van der Waals surface area contributed by atoms with Gasteiger partial charge in [0, 0.05) is 11.6 Å². The molecule has 0 spiro atoms. The van der Waals surface area contributed by atoms with Gasteiger partial charge in [0.2, 0.25) is 11.1 Å². The zero-order valence-electron chi connectivity index (χ0n) is 10.4. The number of amides is 1. The van der Waals surface area contributed by atoms with Crippen LogP contribution >= 0.6 is 23.2 Å². The molecule has 3 nitrogen and oxygen atoms in total. The Balaban J connectivity index is 1.96. The molecule has 0 bridgehead atoms. The normalized spacial score (nSPS) is 15.9. The molecule has 102 valence electrons. The summed E-state index contributed by atoms with van der Waals surface area (Å²) < 4.78 is 0. The van der Waals surface area contributed by atoms with Crippen LogP contribution in [0.5, 0.6) is 0 Å². The van der Waals surface area contributed by atoms with Crippen LogP contribution in [0.15, 0.2) is 24.3 Å². The number of halogens is 2. The van der Waals surface area contributed by atoms with Crippen molar-refractivity contribution < 1.29 is 9.59 Å². The molecule has 0 aromatic heterocycles. The second-order valence-electron chi connectivity index (χ2n) is 4.80. The first-order valence-corrected chi connectivity index (χ1v) is 7.16. The number of alkyl halides is 1. The lowest BCUT2D eigenvalue weighted by Crippen LogP contribution is -2.28. The van der Waals surface area contributed by atoms with E-state index in [0.717, 1.165) is 12.8 Å². The summed E-state index contributed by atoms with van der Waals surface area (Å²) >= 11 is 11.1. The molecule has 2 rings (SSSR count). The lowest BCUT2D eigenvalue weighted by molar-refractivity contribution is -0.128. The smallest absolute Gasteiger partial charge is 0.239 e. The van der Waals surface area contributed by atoms with Gasteiger partial charge in [0.15, 0.2) is 0 Å². The Labute approximate surface area is 122 Å². The fourth-order valence-electron chi connectivity index (χ4n) is 1.91. The number of carbonyl (C=O) groups excluding carboxylic acids is 2. The number of anilines is 1. The molecule has 0 unspecified atom stereocenters. The van der Waals surface area contributed by atoms with Gasteiger partial charge in [0.05, 0.1) is 0 Å². The summed E-state index contributed by atoms with van der Waals surface area (Å²) in [5.41, 5.74) is 0.871. The second kappa shape index (κ2) is 5.93. The van der Waals surface area contributed by atoms with Crippen molar-refractivity contribution in [2.45, 2.75) is 25.7 Å². The van der Waals surface area contributed by atoms with Crippen LogP contribution in [-0.4, -0.2) is 17.0 Å². The van der Waals surface area contributed by atoms with E-state index >= 15 is 0 Å². The quantitative estimate of drug-likeness (QED) is 0.497. The average Bonchev–Trinajstić information content (AvgIpc) is 3.19. The molecule has 1 amide bonds. The molecule has 1 N–H and O–H groups in total. The van der Waals surface area contributed by atoms with Crippen molar-refractivity contribution >= 4 is 40.0 Å². The highest BCUT2D eigenvalue weighted by molar-refractivity contribution is 6.67. The highest BCUT2D eigenvalue weighted by Gasteiger charge is 2.55. The number of rotatable bonds is 6. The molecule has 0 saturated heterocycles. The van der Waals surface area contributed by atoms with Gasteiger partial charge in [0.1, 0.15) is 5.41 Å². The summed E-state index contributed by atoms with van der Waals surface area (Å²) in [4.78, 5) is 23.2. The second-order valence-corrected chi connectivity index (χ2v) is 5.52. The summed E-state index contributed by atoms with van der Waals surface area (Å²) in [6, 6.07) is 7.56. The van der Waals surface area contributed by atoms with Gasteiger partial charge < -0.3 is 5.32 Å². The van der Waals surface area contributed by atoms with Crippen LogP contribution in [0.1, 0.15) is 24.8 Å². The van der Waals surface area contributed by atoms with Gasteiger partial charge in [-0.05, 0) is 55.0 Å². The molecular weight excluding hydrogens is 285 g/mol. The summed E-state index contributed by atoms with van der Waals surface area (Å²) in [7, 11) is 0. The lowest BCUT2D eigenvalue weighted by Gasteiger charge is -2.11. The maximum Gasteiger partial charge on any atom is 0.239 e. The number of hydrogen-bond donors (Lipinski definition) is 1. The zero-order valence-corrected chi connectivity index (χ0v) is 11.9. The van der Waals surface area contributed by atoms with Gasteiger partial charge in [-0.2, -0.15) is 0 Å². The molecule has 19 heavy (non-hydrogen) atoms. The lowest BCUT2D eigenvalue weighted by atomic mass is 10.1. The molecule has 5 heteroatoms. The number of hydrogen-bond acceptors (Lipinski definition) is 2. The Morgan fingerprint density at radius 3 is 2.32 bits per heavy atom. The molecule has 0 atom stereocenters. The first kappa shape index (κ1) is 14.4. The SMILES string of the molecule is O=C(Cl)C1(C(=O)Nc2ccc(CCCCl)cc2)CC1. The first-order chi connectivity index (χ1) is 9.08. The monoisotopic (exact) mass is 299 g/mol. The van der Waals surface area contributed by atoms with E-state index in [0.29, 0.717) is 24.4 Å². The van der Waals surface area contributed by atoms with E-state index in [4.69, 9.17) is 23.2 Å². The molecule has 0 aliphatic heterocycles. The van der Waals surface area contributed by atoms with Crippen LogP contribution in [0.3, 0.4) is 0 Å². The number of nitrogens with one attached hydrogen (secondary N) is 1. The Morgan fingerprint density at radius 1 is 1.21 bits per heavy atom. The van der Waals surface area contributed by atoms with Crippen LogP contribution in [0, 0.1) is 5.41 Å². The van der Waals surface area contributed by atoms with Crippen molar-refractivity contribution in [1.82, 2.24) is 0 Å². The van der Waals surface area contributed by atoms with Crippen molar-refractivity contribution in [1.29, 1.82) is 0 Å². The maximum absolute atomic E-state index is 12.0. The van der Waals surface area contributed by atoms with Crippen LogP contribution in [0.4, 0.5) is 5.69 Å². The van der Waals surface area contributed by atoms with Crippen LogP contribution in [-0.2, 0) is 16.0 Å². The summed E-state index contributed by atoms with van der Waals surface area (Å²) in [6.45, 7) is 0. The Hall–Kier alpha value is -1.06. The fourth-order valence-corrected chi connectivity index (χ4v) is 2.32. The minimum Gasteiger partial charge on any atom is -0.325 e. The predicted octanol–water partition coefficient (Wildman–Crippen LogP) is 3.34. The molecule has 1 aromatic rings. The molecule has 0 radical (unpaired) electrons. The average molecular weight is 300 g/mol. The molecule has 1 aromatic carbocycles. The molecule has 1 aliphatic carbocycles. The zero-order chi connectivity index (χ0) is 13.9. The molecular formula is C14H15Cl2NO2. The summed E-state index contributed by atoms with van der Waals surface area (Å²) in [5, 5.41) is 2.17. The maximum atomic E-state index is 12.0. The van der Waals surface area contributed by atoms with Crippen molar-refractivity contribution in [3.63, 3.8) is 0 Å². The third-order valence-corrected chi connectivity index (χ3v) is 4.00. The molecule has 1 aliphatic rings. The van der Waals surface area contributed by atoms with E-state index in [1.165, 1.54) is 5.56 Å². The van der Waals surface area contributed by atoms with Crippen molar-refractivity contribution in [2.75, 3.05) is 11.2 Å². The Bertz CT molecular complexity index is 481. The van der Waals surface area contributed by atoms with Gasteiger partial charge in [-0.15, -0.1) is 11.6 Å². The predicted molar refractivity (Wildman–Crippen MR) is 76.6 cm³/mol. The van der Waals surface area contributed by atoms with Gasteiger partial charge in [-0.3, -0.25) is 9.59 Å². The van der Waals surface area contributed by atoms with Gasteiger partial charge in [0.25, 0.3) is 0 Å². The Kier molecular flexibility index (Phi) is 4.48.